The molecule has 15 heteroatoms. The van der Waals surface area contributed by atoms with Crippen molar-refractivity contribution in [3.63, 3.8) is 0 Å². The predicted octanol–water partition coefficient (Wildman–Crippen LogP) is 5.78. The molecule has 55 heavy (non-hydrogen) atoms. The Balaban J connectivity index is 1.81. The number of anilines is 1. The number of epoxide rings is 1. The van der Waals surface area contributed by atoms with Crippen LogP contribution in [0.5, 0.6) is 5.75 Å². The van der Waals surface area contributed by atoms with Crippen molar-refractivity contribution in [2.75, 3.05) is 33.2 Å². The summed E-state index contributed by atoms with van der Waals surface area (Å²) in [7, 11) is 6.03. The molecule has 306 valence electrons. The van der Waals surface area contributed by atoms with E-state index in [4.69, 9.17) is 35.3 Å². The molecule has 3 amide bonds. The van der Waals surface area contributed by atoms with E-state index in [2.05, 4.69) is 17.9 Å². The van der Waals surface area contributed by atoms with E-state index >= 15 is 0 Å². The van der Waals surface area contributed by atoms with Crippen molar-refractivity contribution in [1.82, 2.24) is 10.2 Å². The lowest BCUT2D eigenvalue weighted by atomic mass is 9.66. The van der Waals surface area contributed by atoms with Gasteiger partial charge in [-0.25, -0.2) is 9.59 Å². The number of halogens is 1. The number of likely N-dealkylation sites (N-methyl/N-ethyl adjacent to an activating group) is 1. The molecule has 0 aromatic heterocycles. The highest BCUT2D eigenvalue weighted by molar-refractivity contribution is 7.81. The molecule has 2 saturated heterocycles. The molecule has 3 aliphatic rings. The summed E-state index contributed by atoms with van der Waals surface area (Å²) in [6, 6.07) is 2.58. The SMILES string of the molecule is COc1cc2cc(c1Cl)N(C)C(=O)C[C@H](OC(=O)[C@H](C)N(C)C(=O)CCC(C)(C)S)[C@]1(C)O[C@@]1(C)C(C)(C)[C@@H]1C[C@@](O)(NC(=O)O1)[C@H](OC)/C=C/C=C(\C)C2. The lowest BCUT2D eigenvalue weighted by Crippen LogP contribution is -2.66. The zero-order chi connectivity index (χ0) is 41.5. The molecule has 3 heterocycles. The van der Waals surface area contributed by atoms with E-state index < -0.39 is 64.7 Å². The number of methoxy groups -OCH3 is 2. The number of alkyl carbamates (subject to hydrolysis) is 1. The molecule has 7 atom stereocenters. The standard InChI is InChI=1S/C40H58ClN3O10S/c1-23-14-13-15-28(51-12)40(49)22-30(53-35(48)42-40)37(5,6)39(8)38(7,54-39)29(52-34(47)24(2)43(9)31(45)16-17-36(3,4)55)21-32(46)44(10)26-19-25(18-23)20-27(50-11)33(26)41/h13-15,19-20,24,28-30,49,55H,16-18,21-22H2,1-12H3,(H,42,48)/b15-13+,23-14+/t24-,28+,29-,30-,38-,39-,40-/m0/s1. The van der Waals surface area contributed by atoms with Crippen LogP contribution in [0.1, 0.15) is 86.6 Å². The monoisotopic (exact) mass is 807 g/mol. The summed E-state index contributed by atoms with van der Waals surface area (Å²) in [6.45, 7) is 14.5. The lowest BCUT2D eigenvalue weighted by Gasteiger charge is -2.47. The van der Waals surface area contributed by atoms with E-state index in [0.29, 0.717) is 24.3 Å². The predicted molar refractivity (Wildman–Crippen MR) is 212 cm³/mol. The number of nitrogens with zero attached hydrogens (tertiary/aromatic N) is 2. The van der Waals surface area contributed by atoms with E-state index in [1.807, 2.05) is 40.7 Å². The molecule has 4 rings (SSSR count). The Bertz CT molecular complexity index is 1730. The molecule has 13 nitrogen and oxygen atoms in total. The van der Waals surface area contributed by atoms with Crippen LogP contribution in [0.3, 0.4) is 0 Å². The minimum absolute atomic E-state index is 0.0877. The number of hydrogen-bond acceptors (Lipinski definition) is 11. The highest BCUT2D eigenvalue weighted by Gasteiger charge is 2.77. The van der Waals surface area contributed by atoms with Crippen LogP contribution in [0.2, 0.25) is 5.02 Å². The number of aliphatic hydroxyl groups is 1. The number of thiol groups is 1. The Morgan fingerprint density at radius 3 is 2.45 bits per heavy atom. The minimum Gasteiger partial charge on any atom is -0.495 e. The van der Waals surface area contributed by atoms with Crippen molar-refractivity contribution in [3.05, 3.63) is 46.5 Å². The molecule has 1 aromatic carbocycles. The molecule has 0 aliphatic carbocycles. The number of hydrogen-bond donors (Lipinski definition) is 3. The maximum absolute atomic E-state index is 14.3. The minimum atomic E-state index is -1.87. The van der Waals surface area contributed by atoms with Gasteiger partial charge in [0.1, 0.15) is 46.3 Å². The molecule has 0 unspecified atom stereocenters. The zero-order valence-electron chi connectivity index (χ0n) is 34.1. The first-order valence-electron chi connectivity index (χ1n) is 18.4. The van der Waals surface area contributed by atoms with E-state index in [1.165, 1.54) is 31.1 Å². The van der Waals surface area contributed by atoms with Crippen molar-refractivity contribution in [2.45, 2.75) is 134 Å². The first kappa shape index (κ1) is 44.4. The molecule has 2 fully saturated rings. The van der Waals surface area contributed by atoms with E-state index in [1.54, 1.807) is 52.1 Å². The third kappa shape index (κ3) is 9.14. The van der Waals surface area contributed by atoms with Crippen molar-refractivity contribution < 1.29 is 48.0 Å². The number of allylic oxidation sites excluding steroid dienone is 3. The van der Waals surface area contributed by atoms with E-state index in [0.717, 1.165) is 11.1 Å². The Morgan fingerprint density at radius 2 is 1.85 bits per heavy atom. The second-order valence-corrected chi connectivity index (χ2v) is 18.1. The van der Waals surface area contributed by atoms with Gasteiger partial charge in [0.25, 0.3) is 0 Å². The summed E-state index contributed by atoms with van der Waals surface area (Å²) in [5.74, 6) is -1.08. The number of nitrogens with one attached hydrogen (secondary N) is 1. The molecule has 0 saturated carbocycles. The molecule has 0 radical (unpaired) electrons. The normalized spacial score (nSPS) is 31.8. The van der Waals surface area contributed by atoms with Crippen LogP contribution in [0, 0.1) is 5.41 Å². The van der Waals surface area contributed by atoms with Gasteiger partial charge in [-0.05, 0) is 58.2 Å². The number of fused-ring (bicyclic) bond motifs is 5. The first-order chi connectivity index (χ1) is 25.3. The van der Waals surface area contributed by atoms with Gasteiger partial charge in [-0.15, -0.1) is 0 Å². The molecule has 1 aromatic rings. The van der Waals surface area contributed by atoms with Gasteiger partial charge in [0.15, 0.2) is 5.72 Å². The van der Waals surface area contributed by atoms with Gasteiger partial charge in [0, 0.05) is 44.2 Å². The zero-order valence-corrected chi connectivity index (χ0v) is 35.7. The molecule has 3 aliphatic heterocycles. The molecule has 4 bridgehead atoms. The fourth-order valence-corrected chi connectivity index (χ4v) is 7.82. The van der Waals surface area contributed by atoms with Gasteiger partial charge in [0.2, 0.25) is 11.8 Å². The average molecular weight is 808 g/mol. The van der Waals surface area contributed by atoms with Crippen LogP contribution >= 0.6 is 24.2 Å². The molecule has 0 spiro atoms. The highest BCUT2D eigenvalue weighted by atomic mass is 35.5. The Morgan fingerprint density at radius 1 is 1.20 bits per heavy atom. The maximum Gasteiger partial charge on any atom is 0.409 e. The van der Waals surface area contributed by atoms with Crippen LogP contribution < -0.4 is 15.0 Å². The Hall–Kier alpha value is -3.30. The van der Waals surface area contributed by atoms with Gasteiger partial charge in [-0.2, -0.15) is 12.6 Å². The largest absolute Gasteiger partial charge is 0.495 e. The fraction of sp³-hybridized carbons (Fsp3) is 0.650. The number of benzene rings is 1. The van der Waals surface area contributed by atoms with Crippen LogP contribution in [0.25, 0.3) is 0 Å². The van der Waals surface area contributed by atoms with Crippen molar-refractivity contribution in [1.29, 1.82) is 0 Å². The Labute approximate surface area is 335 Å². The third-order valence-corrected chi connectivity index (χ3v) is 12.4. The Kier molecular flexibility index (Phi) is 13.1. The summed E-state index contributed by atoms with van der Waals surface area (Å²) in [5.41, 5.74) is -3.30. The fourth-order valence-electron chi connectivity index (χ4n) is 7.40. The van der Waals surface area contributed by atoms with Gasteiger partial charge in [-0.1, -0.05) is 63.1 Å². The summed E-state index contributed by atoms with van der Waals surface area (Å²) in [4.78, 5) is 57.2. The van der Waals surface area contributed by atoms with Crippen molar-refractivity contribution >= 4 is 53.8 Å². The molecular formula is C40H58ClN3O10S. The van der Waals surface area contributed by atoms with E-state index in [9.17, 15) is 24.3 Å². The van der Waals surface area contributed by atoms with Gasteiger partial charge >= 0.3 is 12.1 Å². The van der Waals surface area contributed by atoms with Crippen LogP contribution in [0.4, 0.5) is 10.5 Å². The number of rotatable bonds is 8. The number of amides is 3. The lowest BCUT2D eigenvalue weighted by molar-refractivity contribution is -0.163. The second-order valence-electron chi connectivity index (χ2n) is 16.5. The van der Waals surface area contributed by atoms with Crippen LogP contribution in [-0.2, 0) is 39.8 Å². The maximum atomic E-state index is 14.3. The topological polar surface area (TPSA) is 156 Å². The first-order valence-corrected chi connectivity index (χ1v) is 19.3. The highest BCUT2D eigenvalue weighted by Crippen LogP contribution is 2.63. The van der Waals surface area contributed by atoms with E-state index in [-0.39, 0.29) is 34.9 Å². The number of ether oxygens (including phenoxy) is 5. The quantitative estimate of drug-likeness (QED) is 0.167. The van der Waals surface area contributed by atoms with Gasteiger partial charge in [0.05, 0.1) is 19.2 Å². The number of esters is 1. The van der Waals surface area contributed by atoms with Gasteiger partial charge < -0.3 is 38.6 Å². The van der Waals surface area contributed by atoms with Gasteiger partial charge in [-0.3, -0.25) is 14.9 Å². The third-order valence-electron chi connectivity index (χ3n) is 11.8. The van der Waals surface area contributed by atoms with Crippen LogP contribution in [0.15, 0.2) is 35.9 Å². The summed E-state index contributed by atoms with van der Waals surface area (Å²) in [5, 5.41) is 14.7. The second kappa shape index (κ2) is 16.3. The summed E-state index contributed by atoms with van der Waals surface area (Å²) < 4.78 is 29.5. The average Bonchev–Trinajstić information content (AvgIpc) is 3.70. The smallest absolute Gasteiger partial charge is 0.409 e. The molecule has 2 N–H and O–H groups in total. The summed E-state index contributed by atoms with van der Waals surface area (Å²) >= 11 is 11.3. The summed E-state index contributed by atoms with van der Waals surface area (Å²) in [6.07, 6.45) is 2.02. The number of carbonyl (C=O) groups excluding carboxylic acids is 4. The van der Waals surface area contributed by atoms with Crippen molar-refractivity contribution in [3.8, 4) is 5.75 Å². The van der Waals surface area contributed by atoms with Crippen molar-refractivity contribution in [2.24, 2.45) is 5.41 Å². The van der Waals surface area contributed by atoms with Crippen LogP contribution in [-0.4, -0.2) is 108 Å². The number of carbonyl (C=O) groups is 4. The molecular weight excluding hydrogens is 750 g/mol.